The molecule has 2 heteroatoms. The van der Waals surface area contributed by atoms with E-state index >= 15 is 0 Å². The van der Waals surface area contributed by atoms with Crippen LogP contribution in [-0.4, -0.2) is 25.2 Å². The van der Waals surface area contributed by atoms with E-state index in [-0.39, 0.29) is 0 Å². The van der Waals surface area contributed by atoms with Gasteiger partial charge in [-0.1, -0.05) is 20.8 Å². The first kappa shape index (κ1) is 12.9. The van der Waals surface area contributed by atoms with E-state index in [1.54, 1.807) is 0 Å². The normalized spacial score (nSPS) is 47.2. The highest BCUT2D eigenvalue weighted by molar-refractivity contribution is 5.12. The van der Waals surface area contributed by atoms with Gasteiger partial charge in [-0.15, -0.1) is 0 Å². The van der Waals surface area contributed by atoms with Crippen LogP contribution in [-0.2, 0) is 0 Å². The van der Waals surface area contributed by atoms with E-state index in [1.165, 1.54) is 51.6 Å². The number of rotatable bonds is 2. The summed E-state index contributed by atoms with van der Waals surface area (Å²) in [6, 6.07) is 1.49. The molecule has 3 rings (SSSR count). The third-order valence-electron chi connectivity index (χ3n) is 6.25. The zero-order valence-electron chi connectivity index (χ0n) is 12.4. The van der Waals surface area contributed by atoms with Gasteiger partial charge < -0.3 is 10.6 Å². The highest BCUT2D eigenvalue weighted by Gasteiger charge is 2.59. The molecule has 0 aromatic carbocycles. The molecule has 18 heavy (non-hydrogen) atoms. The predicted molar refractivity (Wildman–Crippen MR) is 76.7 cm³/mol. The Balaban J connectivity index is 1.71. The first-order valence-electron chi connectivity index (χ1n) is 7.99. The van der Waals surface area contributed by atoms with Crippen molar-refractivity contribution in [2.24, 2.45) is 16.7 Å². The summed E-state index contributed by atoms with van der Waals surface area (Å²) >= 11 is 0. The Morgan fingerprint density at radius 3 is 2.61 bits per heavy atom. The van der Waals surface area contributed by atoms with Crippen LogP contribution in [0.1, 0.15) is 59.3 Å². The van der Waals surface area contributed by atoms with Crippen molar-refractivity contribution in [3.63, 3.8) is 0 Å². The molecule has 2 saturated carbocycles. The predicted octanol–water partition coefficient (Wildman–Crippen LogP) is 2.93. The van der Waals surface area contributed by atoms with Crippen LogP contribution < -0.4 is 10.6 Å². The highest BCUT2D eigenvalue weighted by Crippen LogP contribution is 2.62. The Morgan fingerprint density at radius 2 is 1.89 bits per heavy atom. The Morgan fingerprint density at radius 1 is 1.06 bits per heavy atom. The smallest absolute Gasteiger partial charge is 0.0177 e. The molecule has 1 heterocycles. The lowest BCUT2D eigenvalue weighted by Crippen LogP contribution is -2.53. The Hall–Kier alpha value is -0.0800. The molecular formula is C16H30N2. The Labute approximate surface area is 112 Å². The molecule has 0 aromatic rings. The fraction of sp³-hybridized carbons (Fsp3) is 1.00. The molecule has 3 aliphatic rings. The quantitative estimate of drug-likeness (QED) is 0.787. The summed E-state index contributed by atoms with van der Waals surface area (Å²) in [5.41, 5.74) is 1.08. The van der Waals surface area contributed by atoms with Gasteiger partial charge in [-0.2, -0.15) is 0 Å². The van der Waals surface area contributed by atoms with E-state index in [0.29, 0.717) is 10.8 Å². The highest BCUT2D eigenvalue weighted by atomic mass is 15.0. The van der Waals surface area contributed by atoms with Crippen LogP contribution in [0.4, 0.5) is 0 Å². The van der Waals surface area contributed by atoms with Crippen LogP contribution in [0.2, 0.25) is 0 Å². The minimum absolute atomic E-state index is 0.507. The van der Waals surface area contributed by atoms with Gasteiger partial charge in [0.15, 0.2) is 0 Å². The maximum atomic E-state index is 4.08. The summed E-state index contributed by atoms with van der Waals surface area (Å²) in [5, 5.41) is 7.61. The lowest BCUT2D eigenvalue weighted by atomic mass is 9.68. The zero-order chi connectivity index (χ0) is 12.8. The van der Waals surface area contributed by atoms with E-state index in [0.717, 1.165) is 18.0 Å². The monoisotopic (exact) mass is 250 g/mol. The molecule has 0 amide bonds. The van der Waals surface area contributed by atoms with E-state index in [2.05, 4.69) is 31.4 Å². The molecular weight excluding hydrogens is 220 g/mol. The van der Waals surface area contributed by atoms with Crippen LogP contribution in [0.5, 0.6) is 0 Å². The van der Waals surface area contributed by atoms with Gasteiger partial charge in [0.05, 0.1) is 0 Å². The zero-order valence-corrected chi connectivity index (χ0v) is 12.4. The molecule has 4 atom stereocenters. The largest absolute Gasteiger partial charge is 0.317 e. The van der Waals surface area contributed by atoms with Crippen LogP contribution in [0, 0.1) is 16.7 Å². The number of hydrogen-bond donors (Lipinski definition) is 2. The minimum Gasteiger partial charge on any atom is -0.317 e. The van der Waals surface area contributed by atoms with Crippen molar-refractivity contribution in [3.8, 4) is 0 Å². The first-order chi connectivity index (χ1) is 8.52. The molecule has 1 saturated heterocycles. The summed E-state index contributed by atoms with van der Waals surface area (Å²) in [7, 11) is 0. The summed E-state index contributed by atoms with van der Waals surface area (Å²) in [4.78, 5) is 0. The van der Waals surface area contributed by atoms with Gasteiger partial charge in [-0.3, -0.25) is 0 Å². The second-order valence-corrected chi connectivity index (χ2v) is 7.89. The summed E-state index contributed by atoms with van der Waals surface area (Å²) < 4.78 is 0. The molecule has 2 N–H and O–H groups in total. The average molecular weight is 250 g/mol. The van der Waals surface area contributed by atoms with Gasteiger partial charge >= 0.3 is 0 Å². The van der Waals surface area contributed by atoms with E-state index in [9.17, 15) is 0 Å². The fourth-order valence-electron chi connectivity index (χ4n) is 5.14. The van der Waals surface area contributed by atoms with Crippen LogP contribution in [0.25, 0.3) is 0 Å². The second kappa shape index (κ2) is 4.49. The topological polar surface area (TPSA) is 24.1 Å². The molecule has 3 fully saturated rings. The standard InChI is InChI=1S/C16H30N2/c1-15(2)12-6-8-16(3,11-12)14(15)18-13-5-4-9-17-10-7-13/h12-14,17-18H,4-11H2,1-3H3. The maximum absolute atomic E-state index is 4.08. The van der Waals surface area contributed by atoms with Crippen molar-refractivity contribution in [1.82, 2.24) is 10.6 Å². The minimum atomic E-state index is 0.507. The third-order valence-corrected chi connectivity index (χ3v) is 6.25. The molecule has 0 spiro atoms. The van der Waals surface area contributed by atoms with Crippen LogP contribution in [0.15, 0.2) is 0 Å². The maximum Gasteiger partial charge on any atom is 0.0177 e. The third kappa shape index (κ3) is 2.02. The molecule has 2 aliphatic carbocycles. The van der Waals surface area contributed by atoms with Gasteiger partial charge in [-0.25, -0.2) is 0 Å². The van der Waals surface area contributed by atoms with Gasteiger partial charge in [0.25, 0.3) is 0 Å². The van der Waals surface area contributed by atoms with Gasteiger partial charge in [-0.05, 0) is 68.4 Å². The number of nitrogens with one attached hydrogen (secondary N) is 2. The summed E-state index contributed by atoms with van der Waals surface area (Å²) in [6.45, 7) is 9.97. The first-order valence-corrected chi connectivity index (χ1v) is 7.99. The fourth-order valence-corrected chi connectivity index (χ4v) is 5.14. The van der Waals surface area contributed by atoms with Gasteiger partial charge in [0.2, 0.25) is 0 Å². The summed E-state index contributed by atoms with van der Waals surface area (Å²) in [5.74, 6) is 0.962. The van der Waals surface area contributed by atoms with Crippen molar-refractivity contribution in [3.05, 3.63) is 0 Å². The SMILES string of the molecule is CC12CCC(C1)C(C)(C)C2NC1CCCNCC1. The van der Waals surface area contributed by atoms with Gasteiger partial charge in [0, 0.05) is 12.1 Å². The Bertz CT molecular complexity index is 299. The number of fused-ring (bicyclic) bond motifs is 2. The average Bonchev–Trinajstić information content (AvgIpc) is 2.66. The lowest BCUT2D eigenvalue weighted by molar-refractivity contribution is 0.0964. The second-order valence-electron chi connectivity index (χ2n) is 7.89. The molecule has 0 aromatic heterocycles. The van der Waals surface area contributed by atoms with Crippen molar-refractivity contribution in [2.45, 2.75) is 71.4 Å². The van der Waals surface area contributed by atoms with E-state index < -0.39 is 0 Å². The van der Waals surface area contributed by atoms with Crippen molar-refractivity contribution in [1.29, 1.82) is 0 Å². The number of hydrogen-bond acceptors (Lipinski definition) is 2. The molecule has 104 valence electrons. The molecule has 0 radical (unpaired) electrons. The Kier molecular flexibility index (Phi) is 3.22. The molecule has 4 unspecified atom stereocenters. The van der Waals surface area contributed by atoms with Crippen molar-refractivity contribution < 1.29 is 0 Å². The van der Waals surface area contributed by atoms with E-state index in [4.69, 9.17) is 0 Å². The van der Waals surface area contributed by atoms with E-state index in [1.807, 2.05) is 0 Å². The lowest BCUT2D eigenvalue weighted by Gasteiger charge is -2.45. The van der Waals surface area contributed by atoms with Crippen LogP contribution >= 0.6 is 0 Å². The van der Waals surface area contributed by atoms with Crippen LogP contribution in [0.3, 0.4) is 0 Å². The van der Waals surface area contributed by atoms with Crippen molar-refractivity contribution in [2.75, 3.05) is 13.1 Å². The molecule has 2 bridgehead atoms. The van der Waals surface area contributed by atoms with Crippen molar-refractivity contribution >= 4 is 0 Å². The van der Waals surface area contributed by atoms with Gasteiger partial charge in [0.1, 0.15) is 0 Å². The summed E-state index contributed by atoms with van der Waals surface area (Å²) in [6.07, 6.45) is 8.39. The molecule has 2 nitrogen and oxygen atoms in total. The molecule has 1 aliphatic heterocycles.